The van der Waals surface area contributed by atoms with Gasteiger partial charge < -0.3 is 10.6 Å². The van der Waals surface area contributed by atoms with Crippen molar-refractivity contribution in [2.24, 2.45) is 0 Å². The Morgan fingerprint density at radius 3 is 2.65 bits per heavy atom. The van der Waals surface area contributed by atoms with E-state index in [0.717, 1.165) is 18.5 Å². The summed E-state index contributed by atoms with van der Waals surface area (Å²) in [6.45, 7) is 3.14. The number of nitrogens with one attached hydrogen (secondary N) is 1. The van der Waals surface area contributed by atoms with Crippen LogP contribution >= 0.6 is 0 Å². The van der Waals surface area contributed by atoms with Crippen molar-refractivity contribution in [1.29, 1.82) is 0 Å². The van der Waals surface area contributed by atoms with E-state index >= 15 is 0 Å². The molecule has 20 heavy (non-hydrogen) atoms. The van der Waals surface area contributed by atoms with Crippen LogP contribution in [0.2, 0.25) is 0 Å². The van der Waals surface area contributed by atoms with Gasteiger partial charge in [-0.25, -0.2) is 13.1 Å². The molecule has 5 nitrogen and oxygen atoms in total. The summed E-state index contributed by atoms with van der Waals surface area (Å²) in [5.41, 5.74) is 7.36. The minimum Gasteiger partial charge on any atom is -0.398 e. The number of nitrogen functional groups attached to an aromatic ring is 1. The molecule has 1 saturated carbocycles. The van der Waals surface area contributed by atoms with Crippen molar-refractivity contribution in [3.63, 3.8) is 0 Å². The Morgan fingerprint density at radius 1 is 1.40 bits per heavy atom. The highest BCUT2D eigenvalue weighted by molar-refractivity contribution is 7.89. The van der Waals surface area contributed by atoms with E-state index in [1.165, 1.54) is 18.9 Å². The van der Waals surface area contributed by atoms with Gasteiger partial charge in [-0.2, -0.15) is 0 Å². The molecule has 6 heteroatoms. The molecule has 112 valence electrons. The van der Waals surface area contributed by atoms with E-state index < -0.39 is 10.0 Å². The molecule has 3 N–H and O–H groups in total. The van der Waals surface area contributed by atoms with Gasteiger partial charge in [-0.3, -0.25) is 0 Å². The maximum atomic E-state index is 12.2. The fourth-order valence-corrected chi connectivity index (χ4v) is 3.26. The molecule has 0 spiro atoms. The number of likely N-dealkylation sites (N-methyl/N-ethyl adjacent to an activating group) is 1. The summed E-state index contributed by atoms with van der Waals surface area (Å²) in [6, 6.07) is 5.56. The van der Waals surface area contributed by atoms with Crippen molar-refractivity contribution in [2.45, 2.75) is 37.1 Å². The van der Waals surface area contributed by atoms with Gasteiger partial charge in [0, 0.05) is 24.8 Å². The predicted octanol–water partition coefficient (Wildman–Crippen LogP) is 1.20. The zero-order valence-corrected chi connectivity index (χ0v) is 12.9. The fourth-order valence-electron chi connectivity index (χ4n) is 2.20. The van der Waals surface area contributed by atoms with E-state index in [9.17, 15) is 8.42 Å². The molecule has 0 radical (unpaired) electrons. The number of anilines is 1. The van der Waals surface area contributed by atoms with Crippen molar-refractivity contribution in [2.75, 3.05) is 25.9 Å². The lowest BCUT2D eigenvalue weighted by Gasteiger charge is -2.16. The van der Waals surface area contributed by atoms with E-state index in [2.05, 4.69) is 9.62 Å². The number of hydrogen-bond acceptors (Lipinski definition) is 4. The number of rotatable bonds is 7. The SMILES string of the molecule is CCc1ccc(S(=O)(=O)NCCN(C)C2CC2)cc1N. The number of benzene rings is 1. The smallest absolute Gasteiger partial charge is 0.240 e. The lowest BCUT2D eigenvalue weighted by atomic mass is 10.1. The van der Waals surface area contributed by atoms with Crippen LogP contribution in [0.15, 0.2) is 23.1 Å². The molecule has 1 aliphatic rings. The van der Waals surface area contributed by atoms with E-state index in [1.54, 1.807) is 12.1 Å². The van der Waals surface area contributed by atoms with E-state index in [4.69, 9.17) is 5.73 Å². The van der Waals surface area contributed by atoms with Crippen molar-refractivity contribution < 1.29 is 8.42 Å². The van der Waals surface area contributed by atoms with Crippen LogP contribution < -0.4 is 10.5 Å². The zero-order chi connectivity index (χ0) is 14.8. The molecule has 0 bridgehead atoms. The van der Waals surface area contributed by atoms with Crippen LogP contribution in [0, 0.1) is 0 Å². The average molecular weight is 297 g/mol. The Hall–Kier alpha value is -1.11. The minimum atomic E-state index is -3.47. The van der Waals surface area contributed by atoms with Crippen LogP contribution in [-0.2, 0) is 16.4 Å². The lowest BCUT2D eigenvalue weighted by molar-refractivity contribution is 0.329. The second-order valence-electron chi connectivity index (χ2n) is 5.32. The minimum absolute atomic E-state index is 0.237. The van der Waals surface area contributed by atoms with E-state index in [0.29, 0.717) is 18.3 Å². The molecular weight excluding hydrogens is 274 g/mol. The van der Waals surface area contributed by atoms with Gasteiger partial charge in [-0.05, 0) is 44.0 Å². The molecular formula is C14H23N3O2S. The number of nitrogens with two attached hydrogens (primary N) is 1. The fraction of sp³-hybridized carbons (Fsp3) is 0.571. The van der Waals surface area contributed by atoms with Crippen molar-refractivity contribution in [3.05, 3.63) is 23.8 Å². The van der Waals surface area contributed by atoms with E-state index in [1.807, 2.05) is 14.0 Å². The third-order valence-electron chi connectivity index (χ3n) is 3.74. The van der Waals surface area contributed by atoms with Gasteiger partial charge in [0.1, 0.15) is 0 Å². The van der Waals surface area contributed by atoms with Gasteiger partial charge in [0.05, 0.1) is 4.90 Å². The van der Waals surface area contributed by atoms with Gasteiger partial charge in [0.25, 0.3) is 0 Å². The molecule has 0 amide bonds. The highest BCUT2D eigenvalue weighted by atomic mass is 32.2. The van der Waals surface area contributed by atoms with Gasteiger partial charge in [-0.15, -0.1) is 0 Å². The molecule has 0 aliphatic heterocycles. The van der Waals surface area contributed by atoms with Crippen LogP contribution in [0.5, 0.6) is 0 Å². The lowest BCUT2D eigenvalue weighted by Crippen LogP contribution is -2.34. The monoisotopic (exact) mass is 297 g/mol. The average Bonchev–Trinajstić information content (AvgIpc) is 3.22. The van der Waals surface area contributed by atoms with Crippen molar-refractivity contribution >= 4 is 15.7 Å². The molecule has 0 atom stereocenters. The third-order valence-corrected chi connectivity index (χ3v) is 5.19. The Bertz CT molecular complexity index is 568. The molecule has 2 rings (SSSR count). The summed E-state index contributed by atoms with van der Waals surface area (Å²) in [4.78, 5) is 2.43. The molecule has 0 saturated heterocycles. The Balaban J connectivity index is 1.96. The van der Waals surface area contributed by atoms with Gasteiger partial charge in [0.2, 0.25) is 10.0 Å². The van der Waals surface area contributed by atoms with Gasteiger partial charge in [0.15, 0.2) is 0 Å². The maximum Gasteiger partial charge on any atom is 0.240 e. The van der Waals surface area contributed by atoms with Crippen LogP contribution in [0.1, 0.15) is 25.3 Å². The summed E-state index contributed by atoms with van der Waals surface area (Å²) in [6.07, 6.45) is 3.24. The number of sulfonamides is 1. The second kappa shape index (κ2) is 6.11. The Morgan fingerprint density at radius 2 is 2.10 bits per heavy atom. The molecule has 1 aromatic carbocycles. The molecule has 0 unspecified atom stereocenters. The number of nitrogens with zero attached hydrogens (tertiary/aromatic N) is 1. The molecule has 1 aliphatic carbocycles. The van der Waals surface area contributed by atoms with Crippen LogP contribution in [0.4, 0.5) is 5.69 Å². The Kier molecular flexibility index (Phi) is 4.67. The Labute approximate surface area is 121 Å². The first kappa shape index (κ1) is 15.3. The van der Waals surface area contributed by atoms with Crippen LogP contribution in [-0.4, -0.2) is 39.5 Å². The summed E-state index contributed by atoms with van der Waals surface area (Å²) in [5, 5.41) is 0. The topological polar surface area (TPSA) is 75.4 Å². The summed E-state index contributed by atoms with van der Waals surface area (Å²) >= 11 is 0. The highest BCUT2D eigenvalue weighted by Crippen LogP contribution is 2.24. The molecule has 1 aromatic rings. The van der Waals surface area contributed by atoms with Crippen LogP contribution in [0.25, 0.3) is 0 Å². The largest absolute Gasteiger partial charge is 0.398 e. The molecule has 0 heterocycles. The van der Waals surface area contributed by atoms with E-state index in [-0.39, 0.29) is 4.90 Å². The van der Waals surface area contributed by atoms with Crippen molar-refractivity contribution in [1.82, 2.24) is 9.62 Å². The number of aryl methyl sites for hydroxylation is 1. The standard InChI is InChI=1S/C14H23N3O2S/c1-3-11-4-7-13(10-14(11)15)20(18,19)16-8-9-17(2)12-5-6-12/h4,7,10,12,16H,3,5-6,8-9,15H2,1-2H3. The quantitative estimate of drug-likeness (QED) is 0.742. The third kappa shape index (κ3) is 3.71. The first-order valence-electron chi connectivity index (χ1n) is 7.02. The predicted molar refractivity (Wildman–Crippen MR) is 81.1 cm³/mol. The summed E-state index contributed by atoms with van der Waals surface area (Å²) < 4.78 is 27.0. The molecule has 0 aromatic heterocycles. The summed E-state index contributed by atoms with van der Waals surface area (Å²) in [5.74, 6) is 0. The maximum absolute atomic E-state index is 12.2. The second-order valence-corrected chi connectivity index (χ2v) is 7.09. The van der Waals surface area contributed by atoms with Gasteiger partial charge >= 0.3 is 0 Å². The first-order valence-corrected chi connectivity index (χ1v) is 8.50. The van der Waals surface area contributed by atoms with Crippen molar-refractivity contribution in [3.8, 4) is 0 Å². The van der Waals surface area contributed by atoms with Gasteiger partial charge in [-0.1, -0.05) is 13.0 Å². The van der Waals surface area contributed by atoms with Crippen LogP contribution in [0.3, 0.4) is 0 Å². The highest BCUT2D eigenvalue weighted by Gasteiger charge is 2.25. The zero-order valence-electron chi connectivity index (χ0n) is 12.1. The first-order chi connectivity index (χ1) is 9.44. The number of hydrogen-bond donors (Lipinski definition) is 2. The molecule has 1 fully saturated rings. The summed E-state index contributed by atoms with van der Waals surface area (Å²) in [7, 11) is -1.44. The normalized spacial score (nSPS) is 15.8.